The molecule has 0 aliphatic carbocycles. The molecule has 2 atom stereocenters. The molecule has 1 aromatic heterocycles. The number of aromatic nitrogens is 2. The summed E-state index contributed by atoms with van der Waals surface area (Å²) in [5.74, 6) is 0.372. The Hall–Kier alpha value is -3.33. The van der Waals surface area contributed by atoms with Crippen molar-refractivity contribution in [3.8, 4) is 11.3 Å². The molecule has 0 bridgehead atoms. The predicted octanol–water partition coefficient (Wildman–Crippen LogP) is 3.20. The molecule has 1 aliphatic heterocycles. The molecular formula is C24H28N6O2. The number of para-hydroxylation sites is 1. The van der Waals surface area contributed by atoms with E-state index in [4.69, 9.17) is 15.5 Å². The van der Waals surface area contributed by atoms with Gasteiger partial charge in [0.2, 0.25) is 11.9 Å². The molecule has 3 aromatic rings. The molecule has 2 aromatic carbocycles. The lowest BCUT2D eigenvalue weighted by atomic mass is 10.1. The molecular weight excluding hydrogens is 404 g/mol. The van der Waals surface area contributed by atoms with Crippen LogP contribution in [0.3, 0.4) is 0 Å². The molecule has 0 spiro atoms. The van der Waals surface area contributed by atoms with E-state index in [-0.39, 0.29) is 11.9 Å². The Kier molecular flexibility index (Phi) is 6.75. The third-order valence-corrected chi connectivity index (χ3v) is 5.28. The lowest BCUT2D eigenvalue weighted by Crippen LogP contribution is -2.52. The minimum absolute atomic E-state index is 0.184. The molecule has 2 heterocycles. The number of anilines is 3. The molecule has 0 saturated carbocycles. The number of hydrogen-bond acceptors (Lipinski definition) is 7. The third-order valence-electron chi connectivity index (χ3n) is 5.28. The normalized spacial score (nSPS) is 17.5. The summed E-state index contributed by atoms with van der Waals surface area (Å²) >= 11 is 0. The summed E-state index contributed by atoms with van der Waals surface area (Å²) in [5.41, 5.74) is 9.03. The zero-order chi connectivity index (χ0) is 22.5. The zero-order valence-electron chi connectivity index (χ0n) is 18.3. The fourth-order valence-corrected chi connectivity index (χ4v) is 3.56. The Morgan fingerprint density at radius 3 is 2.62 bits per heavy atom. The van der Waals surface area contributed by atoms with Crippen molar-refractivity contribution >= 4 is 23.2 Å². The number of nitrogens with zero attached hydrogens (tertiary/aromatic N) is 4. The molecule has 1 saturated heterocycles. The second-order valence-electron chi connectivity index (χ2n) is 7.83. The van der Waals surface area contributed by atoms with Crippen LogP contribution in [0.25, 0.3) is 11.3 Å². The number of hydrazine groups is 1. The average Bonchev–Trinajstić information content (AvgIpc) is 2.82. The largest absolute Gasteiger partial charge is 0.378 e. The van der Waals surface area contributed by atoms with Crippen LogP contribution in [0.2, 0.25) is 0 Å². The van der Waals surface area contributed by atoms with Gasteiger partial charge in [0.15, 0.2) is 0 Å². The van der Waals surface area contributed by atoms with Crippen LogP contribution >= 0.6 is 0 Å². The van der Waals surface area contributed by atoms with Gasteiger partial charge < -0.3 is 15.8 Å². The summed E-state index contributed by atoms with van der Waals surface area (Å²) in [5, 5.41) is 7.10. The highest BCUT2D eigenvalue weighted by molar-refractivity contribution is 5.94. The maximum atomic E-state index is 11.8. The summed E-state index contributed by atoms with van der Waals surface area (Å²) in [4.78, 5) is 21.3. The van der Waals surface area contributed by atoms with Gasteiger partial charge >= 0.3 is 0 Å². The van der Waals surface area contributed by atoms with Crippen LogP contribution in [0.15, 0.2) is 66.9 Å². The molecule has 0 radical (unpaired) electrons. The molecule has 4 rings (SSSR count). The Balaban J connectivity index is 1.64. The van der Waals surface area contributed by atoms with Crippen LogP contribution in [-0.2, 0) is 9.53 Å². The fraction of sp³-hybridized carbons (Fsp3) is 0.292. The minimum Gasteiger partial charge on any atom is -0.378 e. The second kappa shape index (κ2) is 9.86. The van der Waals surface area contributed by atoms with E-state index in [1.54, 1.807) is 13.1 Å². The number of ether oxygens (including phenoxy) is 1. The van der Waals surface area contributed by atoms with E-state index in [0.717, 1.165) is 23.5 Å². The highest BCUT2D eigenvalue weighted by atomic mass is 16.5. The Bertz CT molecular complexity index is 1040. The van der Waals surface area contributed by atoms with Gasteiger partial charge in [-0.1, -0.05) is 30.3 Å². The maximum Gasteiger partial charge on any atom is 0.245 e. The van der Waals surface area contributed by atoms with Gasteiger partial charge in [-0.3, -0.25) is 4.79 Å². The van der Waals surface area contributed by atoms with Crippen molar-refractivity contribution in [1.82, 2.24) is 15.0 Å². The van der Waals surface area contributed by atoms with Crippen molar-refractivity contribution in [2.45, 2.75) is 25.9 Å². The van der Waals surface area contributed by atoms with Gasteiger partial charge in [0, 0.05) is 24.0 Å². The number of morpholine rings is 1. The highest BCUT2D eigenvalue weighted by Gasteiger charge is 2.28. The summed E-state index contributed by atoms with van der Waals surface area (Å²) in [7, 11) is 0. The van der Waals surface area contributed by atoms with Gasteiger partial charge in [-0.25, -0.2) is 20.0 Å². The van der Waals surface area contributed by atoms with Crippen LogP contribution < -0.4 is 16.1 Å². The number of rotatable bonds is 6. The summed E-state index contributed by atoms with van der Waals surface area (Å²) in [6.45, 7) is 5.84. The Morgan fingerprint density at radius 1 is 1.19 bits per heavy atom. The monoisotopic (exact) mass is 432 g/mol. The Labute approximate surface area is 188 Å². The number of nitrogens with one attached hydrogen (secondary N) is 1. The Morgan fingerprint density at radius 2 is 1.94 bits per heavy atom. The number of hydrogen-bond donors (Lipinski definition) is 2. The van der Waals surface area contributed by atoms with Crippen molar-refractivity contribution in [3.05, 3.63) is 66.9 Å². The molecule has 3 N–H and O–H groups in total. The molecule has 1 fully saturated rings. The summed E-state index contributed by atoms with van der Waals surface area (Å²) in [6, 6.07) is 19.1. The lowest BCUT2D eigenvalue weighted by Gasteiger charge is -2.41. The van der Waals surface area contributed by atoms with Gasteiger partial charge in [0.1, 0.15) is 0 Å². The molecule has 8 nitrogen and oxygen atoms in total. The van der Waals surface area contributed by atoms with Gasteiger partial charge in [-0.05, 0) is 44.2 Å². The first-order valence-corrected chi connectivity index (χ1v) is 10.7. The fourth-order valence-electron chi connectivity index (χ4n) is 3.56. The van der Waals surface area contributed by atoms with Crippen LogP contribution in [0, 0.1) is 0 Å². The number of carbonyl (C=O) groups is 1. The molecule has 1 unspecified atom stereocenters. The molecule has 1 amide bonds. The van der Waals surface area contributed by atoms with E-state index in [0.29, 0.717) is 24.8 Å². The van der Waals surface area contributed by atoms with Crippen molar-refractivity contribution in [2.75, 3.05) is 30.1 Å². The molecule has 1 aliphatic rings. The minimum atomic E-state index is -0.564. The number of carbonyl (C=O) groups excluding carboxylic acids is 1. The molecule has 32 heavy (non-hydrogen) atoms. The van der Waals surface area contributed by atoms with E-state index in [1.807, 2.05) is 60.7 Å². The number of benzene rings is 2. The van der Waals surface area contributed by atoms with E-state index < -0.39 is 6.04 Å². The van der Waals surface area contributed by atoms with Crippen LogP contribution in [-0.4, -0.2) is 52.7 Å². The van der Waals surface area contributed by atoms with E-state index >= 15 is 0 Å². The van der Waals surface area contributed by atoms with Gasteiger partial charge in [0.25, 0.3) is 0 Å². The molecule has 8 heteroatoms. The highest BCUT2D eigenvalue weighted by Crippen LogP contribution is 2.29. The van der Waals surface area contributed by atoms with Gasteiger partial charge in [-0.15, -0.1) is 0 Å². The van der Waals surface area contributed by atoms with Crippen molar-refractivity contribution in [2.24, 2.45) is 5.73 Å². The lowest BCUT2D eigenvalue weighted by molar-refractivity contribution is -0.117. The van der Waals surface area contributed by atoms with Crippen molar-refractivity contribution < 1.29 is 9.53 Å². The predicted molar refractivity (Wildman–Crippen MR) is 125 cm³/mol. The van der Waals surface area contributed by atoms with Crippen molar-refractivity contribution in [3.63, 3.8) is 0 Å². The van der Waals surface area contributed by atoms with E-state index in [2.05, 4.69) is 27.2 Å². The quantitative estimate of drug-likeness (QED) is 0.617. The smallest absolute Gasteiger partial charge is 0.245 e. The zero-order valence-corrected chi connectivity index (χ0v) is 18.3. The van der Waals surface area contributed by atoms with Crippen molar-refractivity contribution in [1.29, 1.82) is 0 Å². The second-order valence-corrected chi connectivity index (χ2v) is 7.83. The van der Waals surface area contributed by atoms with Gasteiger partial charge in [-0.2, -0.15) is 0 Å². The standard InChI is InChI=1S/C24H28N6O2/c1-17-16-32-15-14-29(17)30(21-6-4-3-5-7-21)24-26-13-12-22(28-24)19-8-10-20(11-9-19)27-23(31)18(2)25/h3-13,17-18H,14-16,25H2,1-2H3,(H,27,31)/t17?,18-/m0/s1. The SMILES string of the molecule is CC1COCCN1N(c1ccccc1)c1nccc(-c2ccc(NC(=O)[C@H](C)N)cc2)n1. The number of nitrogens with two attached hydrogens (primary N) is 1. The van der Waals surface area contributed by atoms with Crippen LogP contribution in [0.4, 0.5) is 17.3 Å². The number of amides is 1. The van der Waals surface area contributed by atoms with Crippen LogP contribution in [0.1, 0.15) is 13.8 Å². The topological polar surface area (TPSA) is 96.6 Å². The first-order chi connectivity index (χ1) is 15.5. The summed E-state index contributed by atoms with van der Waals surface area (Å²) < 4.78 is 5.63. The first kappa shape index (κ1) is 21.9. The van der Waals surface area contributed by atoms with E-state index in [1.165, 1.54) is 0 Å². The average molecular weight is 433 g/mol. The first-order valence-electron chi connectivity index (χ1n) is 10.7. The molecule has 166 valence electrons. The third kappa shape index (κ3) is 4.94. The van der Waals surface area contributed by atoms with E-state index in [9.17, 15) is 4.79 Å². The van der Waals surface area contributed by atoms with Gasteiger partial charge in [0.05, 0.1) is 36.7 Å². The summed E-state index contributed by atoms with van der Waals surface area (Å²) in [6.07, 6.45) is 1.77. The maximum absolute atomic E-state index is 11.8. The van der Waals surface area contributed by atoms with Crippen LogP contribution in [0.5, 0.6) is 0 Å².